The number of aryl methyl sites for hydroxylation is 1. The van der Waals surface area contributed by atoms with E-state index in [0.29, 0.717) is 5.92 Å². The normalized spacial score (nSPS) is 21.1. The molecule has 4 rings (SSSR count). The van der Waals surface area contributed by atoms with Gasteiger partial charge in [0.05, 0.1) is 0 Å². The Labute approximate surface area is 150 Å². The molecule has 2 aliphatic rings. The Morgan fingerprint density at radius 1 is 0.920 bits per heavy atom. The molecule has 130 valence electrons. The van der Waals surface area contributed by atoms with Crippen LogP contribution in [0.1, 0.15) is 43.2 Å². The smallest absolute Gasteiger partial charge is 0.324 e. The maximum Gasteiger partial charge on any atom is 0.324 e. The fraction of sp³-hybridized carbons (Fsp3) is 0.409. The fourth-order valence-electron chi connectivity index (χ4n) is 4.26. The Kier molecular flexibility index (Phi) is 4.48. The number of hydrogen-bond acceptors (Lipinski definition) is 1. The van der Waals surface area contributed by atoms with E-state index in [1.165, 1.54) is 11.1 Å². The van der Waals surface area contributed by atoms with Crippen molar-refractivity contribution in [3.63, 3.8) is 0 Å². The van der Waals surface area contributed by atoms with Gasteiger partial charge in [0, 0.05) is 24.8 Å². The van der Waals surface area contributed by atoms with Crippen LogP contribution < -0.4 is 4.90 Å². The molecule has 1 atom stereocenters. The number of hydrogen-bond donors (Lipinski definition) is 0. The molecule has 0 saturated carbocycles. The minimum absolute atomic E-state index is 0.186. The van der Waals surface area contributed by atoms with Crippen molar-refractivity contribution < 1.29 is 4.79 Å². The van der Waals surface area contributed by atoms with Crippen LogP contribution in [0.25, 0.3) is 0 Å². The molecular formula is C22H26N2O. The number of para-hydroxylation sites is 1. The van der Waals surface area contributed by atoms with Gasteiger partial charge in [-0.05, 0) is 55.7 Å². The Balaban J connectivity index is 1.47. The maximum absolute atomic E-state index is 13.2. The molecule has 1 fully saturated rings. The molecule has 1 unspecified atom stereocenters. The molecule has 0 aliphatic carbocycles. The van der Waals surface area contributed by atoms with E-state index in [9.17, 15) is 4.79 Å². The van der Waals surface area contributed by atoms with E-state index in [2.05, 4.69) is 60.4 Å². The molecule has 0 aromatic heterocycles. The van der Waals surface area contributed by atoms with E-state index in [4.69, 9.17) is 0 Å². The summed E-state index contributed by atoms with van der Waals surface area (Å²) < 4.78 is 0. The molecular weight excluding hydrogens is 308 g/mol. The average molecular weight is 334 g/mol. The van der Waals surface area contributed by atoms with Crippen molar-refractivity contribution in [2.45, 2.75) is 44.6 Å². The molecule has 0 N–H and O–H groups in total. The number of amides is 2. The predicted octanol–water partition coefficient (Wildman–Crippen LogP) is 4.83. The first-order chi connectivity index (χ1) is 12.2. The van der Waals surface area contributed by atoms with Crippen LogP contribution in [0.5, 0.6) is 0 Å². The zero-order valence-corrected chi connectivity index (χ0v) is 14.9. The number of carbonyl (C=O) groups is 1. The minimum Gasteiger partial charge on any atom is -0.324 e. The first-order valence-electron chi connectivity index (χ1n) is 9.45. The molecule has 3 heteroatoms. The minimum atomic E-state index is 0.186. The van der Waals surface area contributed by atoms with Crippen LogP contribution in [-0.4, -0.2) is 30.1 Å². The molecule has 3 nitrogen and oxygen atoms in total. The first-order valence-corrected chi connectivity index (χ1v) is 9.45. The van der Waals surface area contributed by atoms with Gasteiger partial charge in [0.15, 0.2) is 0 Å². The summed E-state index contributed by atoms with van der Waals surface area (Å²) in [6, 6.07) is 19.5. The summed E-state index contributed by atoms with van der Waals surface area (Å²) in [7, 11) is 0. The molecule has 0 radical (unpaired) electrons. The third-order valence-electron chi connectivity index (χ3n) is 5.77. The monoisotopic (exact) mass is 334 g/mol. The molecule has 0 bridgehead atoms. The van der Waals surface area contributed by atoms with Crippen molar-refractivity contribution in [3.8, 4) is 0 Å². The maximum atomic E-state index is 13.2. The summed E-state index contributed by atoms with van der Waals surface area (Å²) >= 11 is 0. The Bertz CT molecular complexity index is 735. The average Bonchev–Trinajstić information content (AvgIpc) is 2.68. The van der Waals surface area contributed by atoms with E-state index >= 15 is 0 Å². The highest BCUT2D eigenvalue weighted by Crippen LogP contribution is 2.33. The van der Waals surface area contributed by atoms with Gasteiger partial charge in [0.25, 0.3) is 0 Å². The van der Waals surface area contributed by atoms with Gasteiger partial charge in [-0.25, -0.2) is 4.79 Å². The van der Waals surface area contributed by atoms with Crippen molar-refractivity contribution >= 4 is 11.7 Å². The highest BCUT2D eigenvalue weighted by atomic mass is 16.2. The lowest BCUT2D eigenvalue weighted by Crippen LogP contribution is -2.51. The Morgan fingerprint density at radius 2 is 1.60 bits per heavy atom. The molecule has 0 spiro atoms. The lowest BCUT2D eigenvalue weighted by Gasteiger charge is -2.41. The molecule has 1 saturated heterocycles. The fourth-order valence-corrected chi connectivity index (χ4v) is 4.26. The zero-order valence-electron chi connectivity index (χ0n) is 14.9. The Morgan fingerprint density at radius 3 is 2.36 bits per heavy atom. The highest BCUT2D eigenvalue weighted by molar-refractivity contribution is 5.94. The van der Waals surface area contributed by atoms with Gasteiger partial charge < -0.3 is 4.90 Å². The van der Waals surface area contributed by atoms with Crippen LogP contribution in [0.2, 0.25) is 0 Å². The lowest BCUT2D eigenvalue weighted by atomic mass is 9.89. The number of fused-ring (bicyclic) bond motifs is 1. The SMILES string of the molecule is CC1CCc2ccccc2N1C(=O)N1CCC(c2ccccc2)CC1. The second kappa shape index (κ2) is 6.91. The lowest BCUT2D eigenvalue weighted by molar-refractivity contribution is 0.185. The van der Waals surface area contributed by atoms with Crippen molar-refractivity contribution in [3.05, 3.63) is 65.7 Å². The van der Waals surface area contributed by atoms with Crippen LogP contribution in [-0.2, 0) is 6.42 Å². The number of anilines is 1. The van der Waals surface area contributed by atoms with Gasteiger partial charge in [-0.15, -0.1) is 0 Å². The third kappa shape index (κ3) is 3.15. The van der Waals surface area contributed by atoms with Gasteiger partial charge in [-0.1, -0.05) is 48.5 Å². The van der Waals surface area contributed by atoms with E-state index in [0.717, 1.165) is 44.5 Å². The standard InChI is InChI=1S/C22H26N2O/c1-17-11-12-20-9-5-6-10-21(20)24(17)22(25)23-15-13-19(14-16-23)18-7-3-2-4-8-18/h2-10,17,19H,11-16H2,1H3. The number of piperidine rings is 1. The number of urea groups is 1. The number of benzene rings is 2. The van der Waals surface area contributed by atoms with E-state index in [1.807, 2.05) is 11.0 Å². The number of likely N-dealkylation sites (tertiary alicyclic amines) is 1. The van der Waals surface area contributed by atoms with Crippen LogP contribution in [0.4, 0.5) is 10.5 Å². The number of nitrogens with zero attached hydrogens (tertiary/aromatic N) is 2. The predicted molar refractivity (Wildman–Crippen MR) is 102 cm³/mol. The third-order valence-corrected chi connectivity index (χ3v) is 5.77. The summed E-state index contributed by atoms with van der Waals surface area (Å²) in [4.78, 5) is 17.3. The summed E-state index contributed by atoms with van der Waals surface area (Å²) in [5, 5.41) is 0. The van der Waals surface area contributed by atoms with Crippen molar-refractivity contribution in [2.75, 3.05) is 18.0 Å². The van der Waals surface area contributed by atoms with Crippen LogP contribution in [0.15, 0.2) is 54.6 Å². The molecule has 25 heavy (non-hydrogen) atoms. The van der Waals surface area contributed by atoms with Crippen LogP contribution in [0, 0.1) is 0 Å². The molecule has 2 aromatic rings. The summed E-state index contributed by atoms with van der Waals surface area (Å²) in [6.45, 7) is 3.87. The second-order valence-corrected chi connectivity index (χ2v) is 7.34. The van der Waals surface area contributed by atoms with Gasteiger partial charge in [0.2, 0.25) is 0 Å². The van der Waals surface area contributed by atoms with E-state index in [1.54, 1.807) is 0 Å². The van der Waals surface area contributed by atoms with Gasteiger partial charge in [-0.3, -0.25) is 4.90 Å². The van der Waals surface area contributed by atoms with Gasteiger partial charge in [0.1, 0.15) is 0 Å². The quantitative estimate of drug-likeness (QED) is 0.733. The zero-order chi connectivity index (χ0) is 17.2. The van der Waals surface area contributed by atoms with Gasteiger partial charge in [-0.2, -0.15) is 0 Å². The molecule has 2 heterocycles. The Hall–Kier alpha value is -2.29. The number of rotatable bonds is 1. The number of carbonyl (C=O) groups excluding carboxylic acids is 1. The highest BCUT2D eigenvalue weighted by Gasteiger charge is 2.33. The van der Waals surface area contributed by atoms with E-state index < -0.39 is 0 Å². The summed E-state index contributed by atoms with van der Waals surface area (Å²) in [6.07, 6.45) is 4.22. The topological polar surface area (TPSA) is 23.6 Å². The first kappa shape index (κ1) is 16.2. The molecule has 2 aliphatic heterocycles. The van der Waals surface area contributed by atoms with Crippen molar-refractivity contribution in [2.24, 2.45) is 0 Å². The summed E-state index contributed by atoms with van der Waals surface area (Å²) in [5.41, 5.74) is 3.82. The van der Waals surface area contributed by atoms with Crippen molar-refractivity contribution in [1.82, 2.24) is 4.90 Å². The van der Waals surface area contributed by atoms with Crippen LogP contribution >= 0.6 is 0 Å². The second-order valence-electron chi connectivity index (χ2n) is 7.34. The van der Waals surface area contributed by atoms with Crippen LogP contribution in [0.3, 0.4) is 0 Å². The van der Waals surface area contributed by atoms with Gasteiger partial charge >= 0.3 is 6.03 Å². The largest absolute Gasteiger partial charge is 0.324 e. The molecule has 2 amide bonds. The molecule has 2 aromatic carbocycles. The van der Waals surface area contributed by atoms with E-state index in [-0.39, 0.29) is 12.1 Å². The van der Waals surface area contributed by atoms with Crippen molar-refractivity contribution in [1.29, 1.82) is 0 Å². The summed E-state index contributed by atoms with van der Waals surface area (Å²) in [5.74, 6) is 0.580.